The Bertz CT molecular complexity index is 1090. The van der Waals surface area contributed by atoms with Gasteiger partial charge in [-0.2, -0.15) is 17.9 Å². The first-order chi connectivity index (χ1) is 15.8. The molecular formula is C22H25F3N6O2. The SMILES string of the molecule is COc1ccc(-n2nnnc2C(F)(F)F)c(OC)c1CN1CCC[C@H](N)[C@@H]1c1ccccc1. The second-order valence-electron chi connectivity index (χ2n) is 7.84. The molecule has 0 bridgehead atoms. The van der Waals surface area contributed by atoms with Gasteiger partial charge in [0, 0.05) is 12.6 Å². The number of hydrogen-bond acceptors (Lipinski definition) is 7. The van der Waals surface area contributed by atoms with Gasteiger partial charge in [-0.05, 0) is 47.5 Å². The van der Waals surface area contributed by atoms with E-state index in [1.807, 2.05) is 30.3 Å². The summed E-state index contributed by atoms with van der Waals surface area (Å²) in [4.78, 5) is 2.21. The van der Waals surface area contributed by atoms with E-state index in [9.17, 15) is 13.2 Å². The minimum absolute atomic E-state index is 0.0585. The Balaban J connectivity index is 1.79. The third-order valence-electron chi connectivity index (χ3n) is 5.86. The zero-order valence-electron chi connectivity index (χ0n) is 18.3. The average molecular weight is 462 g/mol. The van der Waals surface area contributed by atoms with E-state index in [0.29, 0.717) is 22.5 Å². The molecule has 0 saturated carbocycles. The van der Waals surface area contributed by atoms with Gasteiger partial charge >= 0.3 is 6.18 Å². The largest absolute Gasteiger partial charge is 0.496 e. The molecule has 1 aliphatic heterocycles. The molecule has 11 heteroatoms. The summed E-state index contributed by atoms with van der Waals surface area (Å²) in [5, 5.41) is 9.93. The summed E-state index contributed by atoms with van der Waals surface area (Å²) in [5.41, 5.74) is 8.26. The molecule has 1 fully saturated rings. The van der Waals surface area contributed by atoms with Crippen LogP contribution in [0, 0.1) is 0 Å². The second kappa shape index (κ2) is 9.36. The highest BCUT2D eigenvalue weighted by Gasteiger charge is 2.39. The molecule has 2 aromatic carbocycles. The lowest BCUT2D eigenvalue weighted by atomic mass is 9.90. The average Bonchev–Trinajstić information content (AvgIpc) is 3.30. The van der Waals surface area contributed by atoms with Crippen molar-refractivity contribution in [3.63, 3.8) is 0 Å². The fraction of sp³-hybridized carbons (Fsp3) is 0.409. The van der Waals surface area contributed by atoms with Crippen LogP contribution in [-0.4, -0.2) is 51.9 Å². The van der Waals surface area contributed by atoms with Crippen LogP contribution in [0.2, 0.25) is 0 Å². The summed E-state index contributed by atoms with van der Waals surface area (Å²) in [6, 6.07) is 12.8. The van der Waals surface area contributed by atoms with Crippen molar-refractivity contribution in [3.8, 4) is 17.2 Å². The third kappa shape index (κ3) is 4.51. The molecule has 33 heavy (non-hydrogen) atoms. The van der Waals surface area contributed by atoms with Crippen LogP contribution in [0.1, 0.15) is 35.8 Å². The van der Waals surface area contributed by atoms with Crippen LogP contribution in [0.5, 0.6) is 11.5 Å². The molecular weight excluding hydrogens is 437 g/mol. The summed E-state index contributed by atoms with van der Waals surface area (Å²) >= 11 is 0. The van der Waals surface area contributed by atoms with Gasteiger partial charge in [0.15, 0.2) is 5.75 Å². The first-order valence-electron chi connectivity index (χ1n) is 10.5. The normalized spacial score (nSPS) is 19.5. The van der Waals surface area contributed by atoms with E-state index in [1.165, 1.54) is 20.3 Å². The van der Waals surface area contributed by atoms with Gasteiger partial charge < -0.3 is 15.2 Å². The minimum Gasteiger partial charge on any atom is -0.496 e. The minimum atomic E-state index is -4.73. The smallest absolute Gasteiger partial charge is 0.453 e. The molecule has 8 nitrogen and oxygen atoms in total. The van der Waals surface area contributed by atoms with Crippen LogP contribution in [0.4, 0.5) is 13.2 Å². The number of methoxy groups -OCH3 is 2. The first-order valence-corrected chi connectivity index (χ1v) is 10.5. The Morgan fingerprint density at radius 1 is 1.09 bits per heavy atom. The molecule has 176 valence electrons. The van der Waals surface area contributed by atoms with Gasteiger partial charge in [0.2, 0.25) is 0 Å². The molecule has 1 aliphatic rings. The number of alkyl halides is 3. The Morgan fingerprint density at radius 3 is 2.52 bits per heavy atom. The van der Waals surface area contributed by atoms with E-state index in [1.54, 1.807) is 6.07 Å². The number of aromatic nitrogens is 4. The number of hydrogen-bond donors (Lipinski definition) is 1. The Labute approximate surface area is 189 Å². The van der Waals surface area contributed by atoms with Crippen molar-refractivity contribution in [2.24, 2.45) is 5.73 Å². The molecule has 1 saturated heterocycles. The molecule has 4 rings (SSSR count). The molecule has 3 aromatic rings. The second-order valence-corrected chi connectivity index (χ2v) is 7.84. The van der Waals surface area contributed by atoms with Crippen molar-refractivity contribution in [2.45, 2.75) is 37.6 Å². The zero-order valence-corrected chi connectivity index (χ0v) is 18.3. The summed E-state index contributed by atoms with van der Waals surface area (Å²) in [6.07, 6.45) is -2.95. The van der Waals surface area contributed by atoms with Gasteiger partial charge in [-0.1, -0.05) is 30.3 Å². The number of nitrogens with zero attached hydrogens (tertiary/aromatic N) is 5. The maximum absolute atomic E-state index is 13.5. The number of halogens is 3. The maximum atomic E-state index is 13.5. The van der Waals surface area contributed by atoms with Crippen LogP contribution in [0.15, 0.2) is 42.5 Å². The predicted molar refractivity (Wildman–Crippen MR) is 114 cm³/mol. The van der Waals surface area contributed by atoms with Crippen molar-refractivity contribution < 1.29 is 22.6 Å². The van der Waals surface area contributed by atoms with E-state index < -0.39 is 12.0 Å². The van der Waals surface area contributed by atoms with Gasteiger partial charge in [0.05, 0.1) is 25.8 Å². The van der Waals surface area contributed by atoms with Gasteiger partial charge in [-0.25, -0.2) is 0 Å². The van der Waals surface area contributed by atoms with Crippen molar-refractivity contribution in [2.75, 3.05) is 20.8 Å². The maximum Gasteiger partial charge on any atom is 0.453 e. The monoisotopic (exact) mass is 462 g/mol. The number of likely N-dealkylation sites (tertiary alicyclic amines) is 1. The van der Waals surface area contributed by atoms with E-state index >= 15 is 0 Å². The molecule has 0 unspecified atom stereocenters. The topological polar surface area (TPSA) is 91.3 Å². The highest BCUT2D eigenvalue weighted by atomic mass is 19.4. The summed E-state index contributed by atoms with van der Waals surface area (Å²) in [5.74, 6) is -0.541. The van der Waals surface area contributed by atoms with E-state index in [4.69, 9.17) is 15.2 Å². The molecule has 2 atom stereocenters. The van der Waals surface area contributed by atoms with E-state index in [2.05, 4.69) is 20.4 Å². The van der Waals surface area contributed by atoms with E-state index in [-0.39, 0.29) is 23.5 Å². The van der Waals surface area contributed by atoms with Gasteiger partial charge in [0.25, 0.3) is 5.82 Å². The molecule has 0 amide bonds. The summed E-state index contributed by atoms with van der Waals surface area (Å²) < 4.78 is 52.1. The Kier molecular flexibility index (Phi) is 6.52. The van der Waals surface area contributed by atoms with Crippen LogP contribution in [0.3, 0.4) is 0 Å². The van der Waals surface area contributed by atoms with Crippen LogP contribution in [0.25, 0.3) is 5.69 Å². The Morgan fingerprint density at radius 2 is 1.85 bits per heavy atom. The summed E-state index contributed by atoms with van der Waals surface area (Å²) in [7, 11) is 2.91. The highest BCUT2D eigenvalue weighted by Crippen LogP contribution is 2.40. The molecule has 0 radical (unpaired) electrons. The molecule has 0 spiro atoms. The lowest BCUT2D eigenvalue weighted by Crippen LogP contribution is -2.45. The lowest BCUT2D eigenvalue weighted by molar-refractivity contribution is -0.146. The standard InChI is InChI=1S/C22H25F3N6O2/c1-32-18-11-10-17(31-21(22(23,24)25)27-28-29-31)20(33-2)15(18)13-30-12-6-9-16(26)19(30)14-7-4-3-5-8-14/h3-5,7-8,10-11,16,19H,6,9,12-13,26H2,1-2H3/t16-,19-/m0/s1. The highest BCUT2D eigenvalue weighted by molar-refractivity contribution is 5.58. The fourth-order valence-electron chi connectivity index (χ4n) is 4.45. The van der Waals surface area contributed by atoms with E-state index in [0.717, 1.165) is 24.9 Å². The van der Waals surface area contributed by atoms with Crippen molar-refractivity contribution in [3.05, 3.63) is 59.4 Å². The molecule has 2 N–H and O–H groups in total. The number of ether oxygens (including phenoxy) is 2. The number of nitrogens with two attached hydrogens (primary N) is 1. The predicted octanol–water partition coefficient (Wildman–Crippen LogP) is 3.36. The summed E-state index contributed by atoms with van der Waals surface area (Å²) in [6.45, 7) is 1.12. The molecule has 2 heterocycles. The lowest BCUT2D eigenvalue weighted by Gasteiger charge is -2.40. The number of benzene rings is 2. The zero-order chi connectivity index (χ0) is 23.6. The van der Waals surface area contributed by atoms with Gasteiger partial charge in [-0.15, -0.1) is 5.10 Å². The number of tetrazole rings is 1. The fourth-order valence-corrected chi connectivity index (χ4v) is 4.45. The first kappa shape index (κ1) is 23.0. The quantitative estimate of drug-likeness (QED) is 0.601. The van der Waals surface area contributed by atoms with Gasteiger partial charge in [-0.3, -0.25) is 4.90 Å². The number of piperidine rings is 1. The molecule has 1 aromatic heterocycles. The van der Waals surface area contributed by atoms with Crippen LogP contribution >= 0.6 is 0 Å². The van der Waals surface area contributed by atoms with Crippen LogP contribution in [-0.2, 0) is 12.7 Å². The Hall–Kier alpha value is -3.18. The van der Waals surface area contributed by atoms with Gasteiger partial charge in [0.1, 0.15) is 11.4 Å². The van der Waals surface area contributed by atoms with Crippen LogP contribution < -0.4 is 15.2 Å². The van der Waals surface area contributed by atoms with Crippen molar-refractivity contribution in [1.82, 2.24) is 25.1 Å². The molecule has 0 aliphatic carbocycles. The van der Waals surface area contributed by atoms with Crippen molar-refractivity contribution in [1.29, 1.82) is 0 Å². The van der Waals surface area contributed by atoms with Crippen molar-refractivity contribution >= 4 is 0 Å². The third-order valence-corrected chi connectivity index (χ3v) is 5.86. The number of rotatable bonds is 6.